The molecular weight excluding hydrogens is 901 g/mol. The van der Waals surface area contributed by atoms with Crippen molar-refractivity contribution in [1.82, 2.24) is 0 Å². The average molecular weight is 1020 g/mol. The van der Waals surface area contributed by atoms with Crippen LogP contribution in [0.4, 0.5) is 0 Å². The van der Waals surface area contributed by atoms with Gasteiger partial charge in [-0.3, -0.25) is 14.4 Å². The second-order valence-electron chi connectivity index (χ2n) is 20.2. The standard InChI is InChI=1S/C67H114O6/c1-4-7-10-13-16-19-22-25-28-30-31-32-33-34-35-37-39-42-45-48-51-54-57-60-66(69)72-63-64(62-71-65(68)59-56-53-50-47-44-41-38-27-24-21-18-15-12-9-6-3)73-67(70)61-58-55-52-49-46-43-40-36-29-26-23-20-17-14-11-8-5-2/h7,10,16,19,25-29,31-32,34-35,38-39,42,64H,4-6,8-9,11-15,17-18,20-24,30,33,36-37,40-41,43-63H2,1-3H3/b10-7-,19-16-,28-25-,29-26-,32-31-,35-34-,38-27-,42-39-. The highest BCUT2D eigenvalue weighted by atomic mass is 16.6. The Labute approximate surface area is 451 Å². The van der Waals surface area contributed by atoms with E-state index in [0.29, 0.717) is 19.3 Å². The average Bonchev–Trinajstić information content (AvgIpc) is 3.39. The summed E-state index contributed by atoms with van der Waals surface area (Å²) in [6, 6.07) is 0. The lowest BCUT2D eigenvalue weighted by Gasteiger charge is -2.18. The third-order valence-corrected chi connectivity index (χ3v) is 13.0. The van der Waals surface area contributed by atoms with E-state index in [1.807, 2.05) is 0 Å². The number of ether oxygens (including phenoxy) is 3. The Morgan fingerprint density at radius 1 is 0.288 bits per heavy atom. The first-order valence-electron chi connectivity index (χ1n) is 30.7. The van der Waals surface area contributed by atoms with Gasteiger partial charge in [0.2, 0.25) is 0 Å². The molecule has 0 saturated heterocycles. The summed E-state index contributed by atoms with van der Waals surface area (Å²) in [5.41, 5.74) is 0. The molecule has 0 aromatic rings. The van der Waals surface area contributed by atoms with E-state index < -0.39 is 6.10 Å². The van der Waals surface area contributed by atoms with Crippen molar-refractivity contribution >= 4 is 17.9 Å². The second-order valence-corrected chi connectivity index (χ2v) is 20.2. The first kappa shape index (κ1) is 69.3. The molecule has 73 heavy (non-hydrogen) atoms. The maximum Gasteiger partial charge on any atom is 0.306 e. The van der Waals surface area contributed by atoms with E-state index >= 15 is 0 Å². The smallest absolute Gasteiger partial charge is 0.306 e. The molecule has 6 nitrogen and oxygen atoms in total. The summed E-state index contributed by atoms with van der Waals surface area (Å²) in [7, 11) is 0. The SMILES string of the molecule is CC/C=C\C/C=C\C/C=C\C/C=C\C/C=C\C/C=C\CCCCCCC(=O)OCC(COC(=O)CCCCCCC/C=C\CCCCCCCC)OC(=O)CCCCCCCCC/C=C\CCCCCCCC. The van der Waals surface area contributed by atoms with Gasteiger partial charge >= 0.3 is 17.9 Å². The maximum atomic E-state index is 12.9. The Morgan fingerprint density at radius 3 is 0.849 bits per heavy atom. The van der Waals surface area contributed by atoms with E-state index in [2.05, 4.69) is 118 Å². The molecule has 0 aliphatic rings. The molecule has 0 saturated carbocycles. The number of unbranched alkanes of at least 4 members (excludes halogenated alkanes) is 28. The summed E-state index contributed by atoms with van der Waals surface area (Å²) in [6.07, 6.45) is 81.1. The number of hydrogen-bond acceptors (Lipinski definition) is 6. The molecule has 1 unspecified atom stereocenters. The lowest BCUT2D eigenvalue weighted by molar-refractivity contribution is -0.167. The van der Waals surface area contributed by atoms with Gasteiger partial charge in [0.05, 0.1) is 0 Å². The Morgan fingerprint density at radius 2 is 0.534 bits per heavy atom. The minimum absolute atomic E-state index is 0.0915. The van der Waals surface area contributed by atoms with Crippen LogP contribution < -0.4 is 0 Å². The van der Waals surface area contributed by atoms with Crippen molar-refractivity contribution in [2.24, 2.45) is 0 Å². The van der Waals surface area contributed by atoms with Gasteiger partial charge in [0, 0.05) is 19.3 Å². The molecule has 0 aromatic carbocycles. The normalized spacial score (nSPS) is 12.8. The fraction of sp³-hybridized carbons (Fsp3) is 0.716. The molecule has 0 spiro atoms. The van der Waals surface area contributed by atoms with Crippen molar-refractivity contribution in [2.75, 3.05) is 13.2 Å². The Balaban J connectivity index is 4.44. The van der Waals surface area contributed by atoms with Gasteiger partial charge in [-0.15, -0.1) is 0 Å². The third kappa shape index (κ3) is 59.1. The predicted molar refractivity (Wildman–Crippen MR) is 316 cm³/mol. The van der Waals surface area contributed by atoms with Crippen LogP contribution >= 0.6 is 0 Å². The van der Waals surface area contributed by atoms with Crippen LogP contribution in [0.15, 0.2) is 97.2 Å². The lowest BCUT2D eigenvalue weighted by atomic mass is 10.1. The molecule has 0 N–H and O–H groups in total. The van der Waals surface area contributed by atoms with Gasteiger partial charge in [0.25, 0.3) is 0 Å². The topological polar surface area (TPSA) is 78.9 Å². The molecule has 6 heteroatoms. The van der Waals surface area contributed by atoms with Crippen LogP contribution in [0, 0.1) is 0 Å². The molecule has 0 heterocycles. The van der Waals surface area contributed by atoms with Gasteiger partial charge in [-0.05, 0) is 122 Å². The van der Waals surface area contributed by atoms with E-state index in [0.717, 1.165) is 116 Å². The van der Waals surface area contributed by atoms with Gasteiger partial charge < -0.3 is 14.2 Å². The van der Waals surface area contributed by atoms with Crippen LogP contribution in [0.5, 0.6) is 0 Å². The minimum atomic E-state index is -0.796. The van der Waals surface area contributed by atoms with Crippen LogP contribution in [0.2, 0.25) is 0 Å². The van der Waals surface area contributed by atoms with Crippen molar-refractivity contribution in [3.63, 3.8) is 0 Å². The number of rotatable bonds is 55. The van der Waals surface area contributed by atoms with Crippen LogP contribution in [-0.4, -0.2) is 37.2 Å². The number of carbonyl (C=O) groups is 3. The molecular formula is C67H114O6. The van der Waals surface area contributed by atoms with E-state index in [1.54, 1.807) is 0 Å². The highest BCUT2D eigenvalue weighted by Crippen LogP contribution is 2.15. The quantitative estimate of drug-likeness (QED) is 0.0261. The Bertz CT molecular complexity index is 1440. The van der Waals surface area contributed by atoms with E-state index in [1.165, 1.54) is 135 Å². The Hall–Kier alpha value is -3.67. The van der Waals surface area contributed by atoms with Crippen molar-refractivity contribution in [3.05, 3.63) is 97.2 Å². The van der Waals surface area contributed by atoms with Crippen LogP contribution in [0.3, 0.4) is 0 Å². The zero-order valence-electron chi connectivity index (χ0n) is 47.9. The summed E-state index contributed by atoms with van der Waals surface area (Å²) in [5.74, 6) is -0.922. The van der Waals surface area contributed by atoms with Crippen molar-refractivity contribution < 1.29 is 28.6 Å². The fourth-order valence-corrected chi connectivity index (χ4v) is 8.44. The minimum Gasteiger partial charge on any atom is -0.462 e. The number of esters is 3. The molecule has 0 aromatic heterocycles. The molecule has 0 rings (SSSR count). The Kier molecular flexibility index (Phi) is 57.8. The molecule has 0 bridgehead atoms. The lowest BCUT2D eigenvalue weighted by Crippen LogP contribution is -2.30. The largest absolute Gasteiger partial charge is 0.462 e. The molecule has 0 radical (unpaired) electrons. The molecule has 0 aliphatic heterocycles. The van der Waals surface area contributed by atoms with E-state index in [4.69, 9.17) is 14.2 Å². The second kappa shape index (κ2) is 60.9. The first-order valence-corrected chi connectivity index (χ1v) is 30.7. The van der Waals surface area contributed by atoms with Gasteiger partial charge in [0.15, 0.2) is 6.10 Å². The zero-order chi connectivity index (χ0) is 52.9. The number of carbonyl (C=O) groups excluding carboxylic acids is 3. The van der Waals surface area contributed by atoms with Gasteiger partial charge in [-0.2, -0.15) is 0 Å². The predicted octanol–water partition coefficient (Wildman–Crippen LogP) is 20.9. The molecule has 418 valence electrons. The fourth-order valence-electron chi connectivity index (χ4n) is 8.44. The summed E-state index contributed by atoms with van der Waals surface area (Å²) in [5, 5.41) is 0. The summed E-state index contributed by atoms with van der Waals surface area (Å²) < 4.78 is 16.9. The molecule has 0 amide bonds. The van der Waals surface area contributed by atoms with Crippen molar-refractivity contribution in [3.8, 4) is 0 Å². The molecule has 0 fully saturated rings. The van der Waals surface area contributed by atoms with Crippen molar-refractivity contribution in [2.45, 2.75) is 297 Å². The number of allylic oxidation sites excluding steroid dienone is 16. The van der Waals surface area contributed by atoms with E-state index in [9.17, 15) is 14.4 Å². The number of hydrogen-bond donors (Lipinski definition) is 0. The van der Waals surface area contributed by atoms with Gasteiger partial charge in [-0.1, -0.05) is 246 Å². The molecule has 0 aliphatic carbocycles. The monoisotopic (exact) mass is 1010 g/mol. The van der Waals surface area contributed by atoms with Crippen molar-refractivity contribution in [1.29, 1.82) is 0 Å². The molecule has 1 atom stereocenters. The third-order valence-electron chi connectivity index (χ3n) is 13.0. The summed E-state index contributed by atoms with van der Waals surface area (Å²) in [6.45, 7) is 6.50. The van der Waals surface area contributed by atoms with Crippen LogP contribution in [0.1, 0.15) is 290 Å². The van der Waals surface area contributed by atoms with Gasteiger partial charge in [-0.25, -0.2) is 0 Å². The zero-order valence-corrected chi connectivity index (χ0v) is 47.9. The highest BCUT2D eigenvalue weighted by Gasteiger charge is 2.19. The van der Waals surface area contributed by atoms with Gasteiger partial charge in [0.1, 0.15) is 13.2 Å². The highest BCUT2D eigenvalue weighted by molar-refractivity contribution is 5.71. The maximum absolute atomic E-state index is 12.9. The summed E-state index contributed by atoms with van der Waals surface area (Å²) in [4.78, 5) is 38.3. The van der Waals surface area contributed by atoms with E-state index in [-0.39, 0.29) is 31.1 Å². The van der Waals surface area contributed by atoms with Crippen LogP contribution in [-0.2, 0) is 28.6 Å². The first-order chi connectivity index (χ1) is 36.0. The van der Waals surface area contributed by atoms with Crippen LogP contribution in [0.25, 0.3) is 0 Å². The summed E-state index contributed by atoms with van der Waals surface area (Å²) >= 11 is 0.